The normalized spacial score (nSPS) is 12.4. The van der Waals surface area contributed by atoms with E-state index in [1.807, 2.05) is 13.8 Å². The van der Waals surface area contributed by atoms with E-state index >= 15 is 0 Å². The summed E-state index contributed by atoms with van der Waals surface area (Å²) in [6.07, 6.45) is 0.553. The molecule has 100 valence electrons. The Hall–Kier alpha value is -1.20. The fourth-order valence-corrected chi connectivity index (χ4v) is 3.35. The number of carboxylic acids is 1. The molecule has 18 heavy (non-hydrogen) atoms. The zero-order chi connectivity index (χ0) is 13.7. The van der Waals surface area contributed by atoms with Crippen LogP contribution in [-0.2, 0) is 22.0 Å². The molecule has 5 heteroatoms. The van der Waals surface area contributed by atoms with Crippen molar-refractivity contribution in [2.75, 3.05) is 19.5 Å². The van der Waals surface area contributed by atoms with Crippen LogP contribution in [0.1, 0.15) is 28.4 Å². The molecule has 0 fully saturated rings. The van der Waals surface area contributed by atoms with Gasteiger partial charge in [-0.05, 0) is 30.5 Å². The summed E-state index contributed by atoms with van der Waals surface area (Å²) in [6.45, 7) is 4.12. The van der Waals surface area contributed by atoms with Gasteiger partial charge in [0, 0.05) is 12.0 Å². The number of aromatic carboxylic acids is 1. The lowest BCUT2D eigenvalue weighted by Crippen LogP contribution is -2.12. The number of carboxylic acid groups (broad SMARTS) is 1. The lowest BCUT2D eigenvalue weighted by Gasteiger charge is -2.13. The average Bonchev–Trinajstić information content (AvgIpc) is 2.34. The molecule has 0 aliphatic heterocycles. The molecule has 1 atom stereocenters. The van der Waals surface area contributed by atoms with E-state index in [1.165, 1.54) is 0 Å². The molecular weight excluding hydrogens is 252 g/mol. The first-order valence-electron chi connectivity index (χ1n) is 5.76. The van der Waals surface area contributed by atoms with E-state index in [0.29, 0.717) is 29.2 Å². The van der Waals surface area contributed by atoms with Crippen LogP contribution in [0.25, 0.3) is 0 Å². The van der Waals surface area contributed by atoms with E-state index in [-0.39, 0.29) is 5.56 Å². The van der Waals surface area contributed by atoms with Gasteiger partial charge in [-0.25, -0.2) is 4.79 Å². The molecule has 0 aliphatic carbocycles. The first-order valence-corrected chi connectivity index (χ1v) is 7.07. The highest BCUT2D eigenvalue weighted by Gasteiger charge is 2.18. The Balaban J connectivity index is 3.27. The molecular formula is C13H18O4S. The SMILES string of the molecule is CCc1c(C(=O)O)ccc(C)c1[S@](=O)CCOC. The van der Waals surface area contributed by atoms with Crippen LogP contribution in [-0.4, -0.2) is 34.8 Å². The lowest BCUT2D eigenvalue weighted by molar-refractivity contribution is 0.0695. The van der Waals surface area contributed by atoms with Gasteiger partial charge in [0.25, 0.3) is 0 Å². The van der Waals surface area contributed by atoms with Crippen LogP contribution in [0.15, 0.2) is 17.0 Å². The number of ether oxygens (including phenoxy) is 1. The van der Waals surface area contributed by atoms with Crippen molar-refractivity contribution in [2.24, 2.45) is 0 Å². The van der Waals surface area contributed by atoms with Gasteiger partial charge in [0.05, 0.1) is 28.7 Å². The summed E-state index contributed by atoms with van der Waals surface area (Å²) in [5.74, 6) is -0.593. The Bertz CT molecular complexity index is 468. The highest BCUT2D eigenvalue weighted by atomic mass is 32.2. The highest BCUT2D eigenvalue weighted by Crippen LogP contribution is 2.23. The summed E-state index contributed by atoms with van der Waals surface area (Å²) in [7, 11) is 0.333. The monoisotopic (exact) mass is 270 g/mol. The van der Waals surface area contributed by atoms with Crippen molar-refractivity contribution in [1.29, 1.82) is 0 Å². The van der Waals surface area contributed by atoms with Crippen LogP contribution < -0.4 is 0 Å². The first-order chi connectivity index (χ1) is 8.52. The summed E-state index contributed by atoms with van der Waals surface area (Å²) in [4.78, 5) is 11.8. The van der Waals surface area contributed by atoms with Gasteiger partial charge < -0.3 is 9.84 Å². The van der Waals surface area contributed by atoms with Crippen molar-refractivity contribution in [3.63, 3.8) is 0 Å². The van der Waals surface area contributed by atoms with Gasteiger partial charge >= 0.3 is 5.97 Å². The minimum absolute atomic E-state index is 0.240. The van der Waals surface area contributed by atoms with E-state index < -0.39 is 16.8 Å². The third-order valence-corrected chi connectivity index (χ3v) is 4.30. The van der Waals surface area contributed by atoms with Crippen molar-refractivity contribution >= 4 is 16.8 Å². The van der Waals surface area contributed by atoms with Gasteiger partial charge in [0.2, 0.25) is 0 Å². The molecule has 0 bridgehead atoms. The van der Waals surface area contributed by atoms with E-state index in [4.69, 9.17) is 9.84 Å². The maximum Gasteiger partial charge on any atom is 0.336 e. The predicted molar refractivity (Wildman–Crippen MR) is 70.7 cm³/mol. The molecule has 4 nitrogen and oxygen atoms in total. The molecule has 1 N–H and O–H groups in total. The zero-order valence-corrected chi connectivity index (χ0v) is 11.7. The number of hydrogen-bond acceptors (Lipinski definition) is 3. The molecule has 0 radical (unpaired) electrons. The van der Waals surface area contributed by atoms with E-state index in [9.17, 15) is 9.00 Å². The van der Waals surface area contributed by atoms with E-state index in [2.05, 4.69) is 0 Å². The topological polar surface area (TPSA) is 63.6 Å². The van der Waals surface area contributed by atoms with Crippen LogP contribution in [0.2, 0.25) is 0 Å². The minimum Gasteiger partial charge on any atom is -0.478 e. The standard InChI is InChI=1S/C13H18O4S/c1-4-10-11(13(14)15)6-5-9(2)12(10)18(16)8-7-17-3/h5-6H,4,7-8H2,1-3H3,(H,14,15)/t18-/m1/s1. The summed E-state index contributed by atoms with van der Waals surface area (Å²) in [5.41, 5.74) is 1.77. The van der Waals surface area contributed by atoms with Gasteiger partial charge in [-0.2, -0.15) is 0 Å². The highest BCUT2D eigenvalue weighted by molar-refractivity contribution is 7.85. The second kappa shape index (κ2) is 6.66. The number of carbonyl (C=O) groups is 1. The Kier molecular flexibility index (Phi) is 5.50. The Morgan fingerprint density at radius 2 is 2.11 bits per heavy atom. The maximum atomic E-state index is 12.2. The predicted octanol–water partition coefficient (Wildman–Crippen LogP) is 2.01. The lowest BCUT2D eigenvalue weighted by atomic mass is 10.0. The second-order valence-corrected chi connectivity index (χ2v) is 5.45. The summed E-state index contributed by atoms with van der Waals surface area (Å²) >= 11 is 0. The minimum atomic E-state index is -1.22. The summed E-state index contributed by atoms with van der Waals surface area (Å²) in [5, 5.41) is 9.15. The van der Waals surface area contributed by atoms with Crippen molar-refractivity contribution in [3.05, 3.63) is 28.8 Å². The van der Waals surface area contributed by atoms with Crippen molar-refractivity contribution in [2.45, 2.75) is 25.2 Å². The van der Waals surface area contributed by atoms with Crippen LogP contribution in [0.4, 0.5) is 0 Å². The zero-order valence-electron chi connectivity index (χ0n) is 10.9. The maximum absolute atomic E-state index is 12.2. The summed E-state index contributed by atoms with van der Waals surface area (Å²) < 4.78 is 17.1. The Morgan fingerprint density at radius 3 is 2.61 bits per heavy atom. The number of hydrogen-bond donors (Lipinski definition) is 1. The third kappa shape index (κ3) is 3.17. The average molecular weight is 270 g/mol. The number of rotatable bonds is 6. The van der Waals surface area contributed by atoms with Crippen LogP contribution in [0.5, 0.6) is 0 Å². The summed E-state index contributed by atoms with van der Waals surface area (Å²) in [6, 6.07) is 3.29. The van der Waals surface area contributed by atoms with Gasteiger partial charge in [-0.15, -0.1) is 0 Å². The fourth-order valence-electron chi connectivity index (χ4n) is 1.87. The van der Waals surface area contributed by atoms with Crippen molar-refractivity contribution in [1.82, 2.24) is 0 Å². The molecule has 0 unspecified atom stereocenters. The number of benzene rings is 1. The van der Waals surface area contributed by atoms with Crippen molar-refractivity contribution < 1.29 is 18.8 Å². The Morgan fingerprint density at radius 1 is 1.44 bits per heavy atom. The van der Waals surface area contributed by atoms with Gasteiger partial charge in [-0.3, -0.25) is 4.21 Å². The van der Waals surface area contributed by atoms with Crippen LogP contribution in [0.3, 0.4) is 0 Å². The molecule has 1 aromatic rings. The smallest absolute Gasteiger partial charge is 0.336 e. The molecule has 1 aromatic carbocycles. The molecule has 0 aliphatic rings. The van der Waals surface area contributed by atoms with Crippen molar-refractivity contribution in [3.8, 4) is 0 Å². The Labute approximate surface area is 109 Å². The number of methoxy groups -OCH3 is 1. The molecule has 1 rings (SSSR count). The van der Waals surface area contributed by atoms with Gasteiger partial charge in [-0.1, -0.05) is 13.0 Å². The fraction of sp³-hybridized carbons (Fsp3) is 0.462. The molecule has 0 aromatic heterocycles. The van der Waals surface area contributed by atoms with Crippen LogP contribution >= 0.6 is 0 Å². The molecule has 0 spiro atoms. The third-order valence-electron chi connectivity index (χ3n) is 2.74. The quantitative estimate of drug-likeness (QED) is 0.859. The largest absolute Gasteiger partial charge is 0.478 e. The molecule has 0 amide bonds. The second-order valence-electron chi connectivity index (χ2n) is 3.94. The van der Waals surface area contributed by atoms with Crippen LogP contribution in [0, 0.1) is 6.92 Å². The first kappa shape index (κ1) is 14.9. The molecule has 0 saturated heterocycles. The van der Waals surface area contributed by atoms with E-state index in [0.717, 1.165) is 5.56 Å². The molecule has 0 saturated carbocycles. The number of aryl methyl sites for hydroxylation is 1. The van der Waals surface area contributed by atoms with Gasteiger partial charge in [0.1, 0.15) is 0 Å². The van der Waals surface area contributed by atoms with E-state index in [1.54, 1.807) is 19.2 Å². The van der Waals surface area contributed by atoms with Gasteiger partial charge in [0.15, 0.2) is 0 Å². The molecule has 0 heterocycles.